The molecule has 0 saturated heterocycles. The Kier molecular flexibility index (Phi) is 6.15. The number of carboxylic acids is 1. The standard InChI is InChI=1S/C10H19NO5S/c1-4-5-11(6-10(13)14)9(12)7-17(15,16)8(2)3/h8H,4-7H2,1-3H3,(H,13,14). The van der Waals surface area contributed by atoms with Gasteiger partial charge in [-0.15, -0.1) is 0 Å². The fourth-order valence-electron chi connectivity index (χ4n) is 1.16. The minimum Gasteiger partial charge on any atom is -0.480 e. The molecule has 0 aromatic carbocycles. The van der Waals surface area contributed by atoms with E-state index in [2.05, 4.69) is 0 Å². The molecular formula is C10H19NO5S. The van der Waals surface area contributed by atoms with E-state index < -0.39 is 39.3 Å². The maximum atomic E-state index is 11.7. The molecule has 0 bridgehead atoms. The van der Waals surface area contributed by atoms with Gasteiger partial charge < -0.3 is 10.0 Å². The van der Waals surface area contributed by atoms with Gasteiger partial charge in [0.1, 0.15) is 12.3 Å². The Labute approximate surface area is 102 Å². The fraction of sp³-hybridized carbons (Fsp3) is 0.800. The SMILES string of the molecule is CCCN(CC(=O)O)C(=O)CS(=O)(=O)C(C)C. The monoisotopic (exact) mass is 265 g/mol. The summed E-state index contributed by atoms with van der Waals surface area (Å²) in [6.45, 7) is 4.56. The smallest absolute Gasteiger partial charge is 0.323 e. The summed E-state index contributed by atoms with van der Waals surface area (Å²) >= 11 is 0. The summed E-state index contributed by atoms with van der Waals surface area (Å²) < 4.78 is 23.1. The minimum atomic E-state index is -3.48. The van der Waals surface area contributed by atoms with Crippen molar-refractivity contribution in [2.45, 2.75) is 32.4 Å². The van der Waals surface area contributed by atoms with E-state index >= 15 is 0 Å². The van der Waals surface area contributed by atoms with Gasteiger partial charge in [0.25, 0.3) is 0 Å². The lowest BCUT2D eigenvalue weighted by molar-refractivity contribution is -0.143. The lowest BCUT2D eigenvalue weighted by Gasteiger charge is -2.20. The Bertz CT molecular complexity index is 374. The molecule has 0 fully saturated rings. The molecule has 7 heteroatoms. The highest BCUT2D eigenvalue weighted by Gasteiger charge is 2.25. The summed E-state index contributed by atoms with van der Waals surface area (Å²) in [5, 5.41) is 7.98. The quantitative estimate of drug-likeness (QED) is 0.706. The second-order valence-electron chi connectivity index (χ2n) is 4.06. The summed E-state index contributed by atoms with van der Waals surface area (Å²) in [4.78, 5) is 23.3. The number of sulfone groups is 1. The number of carbonyl (C=O) groups excluding carboxylic acids is 1. The van der Waals surface area contributed by atoms with Gasteiger partial charge in [-0.1, -0.05) is 6.92 Å². The van der Waals surface area contributed by atoms with Crippen LogP contribution in [-0.4, -0.2) is 54.4 Å². The van der Waals surface area contributed by atoms with Crippen molar-refractivity contribution in [3.63, 3.8) is 0 Å². The van der Waals surface area contributed by atoms with E-state index in [1.54, 1.807) is 6.92 Å². The van der Waals surface area contributed by atoms with E-state index in [9.17, 15) is 18.0 Å². The molecule has 1 amide bonds. The van der Waals surface area contributed by atoms with Crippen LogP contribution in [0.15, 0.2) is 0 Å². The van der Waals surface area contributed by atoms with Crippen molar-refractivity contribution in [2.24, 2.45) is 0 Å². The summed E-state index contributed by atoms with van der Waals surface area (Å²) in [6, 6.07) is 0. The van der Waals surface area contributed by atoms with Crippen molar-refractivity contribution in [1.82, 2.24) is 4.90 Å². The molecule has 0 saturated carbocycles. The molecule has 0 aliphatic heterocycles. The van der Waals surface area contributed by atoms with Crippen molar-refractivity contribution < 1.29 is 23.1 Å². The lowest BCUT2D eigenvalue weighted by atomic mass is 10.4. The summed E-state index contributed by atoms with van der Waals surface area (Å²) in [5.74, 6) is -2.42. The van der Waals surface area contributed by atoms with E-state index in [0.717, 1.165) is 4.90 Å². The van der Waals surface area contributed by atoms with E-state index in [1.165, 1.54) is 13.8 Å². The fourth-order valence-corrected chi connectivity index (χ4v) is 2.02. The first-order valence-corrected chi connectivity index (χ1v) is 7.13. The number of amides is 1. The Balaban J connectivity index is 4.69. The Morgan fingerprint density at radius 2 is 1.82 bits per heavy atom. The van der Waals surface area contributed by atoms with Gasteiger partial charge in [0, 0.05) is 6.54 Å². The first-order valence-electron chi connectivity index (χ1n) is 5.41. The second-order valence-corrected chi connectivity index (χ2v) is 6.62. The molecule has 0 rings (SSSR count). The van der Waals surface area contributed by atoms with Crippen LogP contribution in [0.25, 0.3) is 0 Å². The average molecular weight is 265 g/mol. The number of aliphatic carboxylic acids is 1. The van der Waals surface area contributed by atoms with E-state index in [4.69, 9.17) is 5.11 Å². The third kappa shape index (κ3) is 5.67. The molecule has 0 unspecified atom stereocenters. The molecule has 0 heterocycles. The molecule has 0 spiro atoms. The van der Waals surface area contributed by atoms with Crippen LogP contribution < -0.4 is 0 Å². The molecule has 17 heavy (non-hydrogen) atoms. The molecule has 6 nitrogen and oxygen atoms in total. The molecule has 0 radical (unpaired) electrons. The van der Waals surface area contributed by atoms with Gasteiger partial charge in [-0.25, -0.2) is 8.42 Å². The van der Waals surface area contributed by atoms with E-state index in [-0.39, 0.29) is 6.54 Å². The molecule has 1 N–H and O–H groups in total. The van der Waals surface area contributed by atoms with Gasteiger partial charge in [0.05, 0.1) is 5.25 Å². The first kappa shape index (κ1) is 15.9. The zero-order chi connectivity index (χ0) is 13.6. The normalized spacial score (nSPS) is 11.5. The van der Waals surface area contributed by atoms with Gasteiger partial charge >= 0.3 is 5.97 Å². The van der Waals surface area contributed by atoms with Crippen LogP contribution in [-0.2, 0) is 19.4 Å². The zero-order valence-electron chi connectivity index (χ0n) is 10.3. The van der Waals surface area contributed by atoms with Crippen LogP contribution >= 0.6 is 0 Å². The van der Waals surface area contributed by atoms with Gasteiger partial charge in [-0.3, -0.25) is 9.59 Å². The molecule has 100 valence electrons. The second kappa shape index (κ2) is 6.58. The summed E-state index contributed by atoms with van der Waals surface area (Å²) in [6.07, 6.45) is 0.584. The van der Waals surface area contributed by atoms with Crippen molar-refractivity contribution in [1.29, 1.82) is 0 Å². The van der Waals surface area contributed by atoms with E-state index in [1.807, 2.05) is 0 Å². The summed E-state index contributed by atoms with van der Waals surface area (Å²) in [5.41, 5.74) is 0. The predicted octanol–water partition coefficient (Wildman–Crippen LogP) is 0.133. The number of hydrogen-bond acceptors (Lipinski definition) is 4. The minimum absolute atomic E-state index is 0.249. The van der Waals surface area contributed by atoms with Gasteiger partial charge in [0.2, 0.25) is 5.91 Å². The molecular weight excluding hydrogens is 246 g/mol. The maximum absolute atomic E-state index is 11.7. The van der Waals surface area contributed by atoms with Crippen LogP contribution in [0.1, 0.15) is 27.2 Å². The van der Waals surface area contributed by atoms with Crippen LogP contribution in [0.5, 0.6) is 0 Å². The Hall–Kier alpha value is -1.11. The van der Waals surface area contributed by atoms with Gasteiger partial charge in [-0.2, -0.15) is 0 Å². The maximum Gasteiger partial charge on any atom is 0.323 e. The van der Waals surface area contributed by atoms with Crippen molar-refractivity contribution in [3.8, 4) is 0 Å². The number of rotatable bonds is 7. The van der Waals surface area contributed by atoms with E-state index in [0.29, 0.717) is 6.42 Å². The highest BCUT2D eigenvalue weighted by molar-refractivity contribution is 7.92. The predicted molar refractivity (Wildman–Crippen MR) is 63.4 cm³/mol. The molecule has 0 aromatic rings. The average Bonchev–Trinajstić information content (AvgIpc) is 2.15. The van der Waals surface area contributed by atoms with Crippen LogP contribution in [0.4, 0.5) is 0 Å². The number of carboxylic acid groups (broad SMARTS) is 1. The highest BCUT2D eigenvalue weighted by Crippen LogP contribution is 2.03. The van der Waals surface area contributed by atoms with Crippen LogP contribution in [0.3, 0.4) is 0 Å². The third-order valence-electron chi connectivity index (χ3n) is 2.22. The number of hydrogen-bond donors (Lipinski definition) is 1. The molecule has 0 atom stereocenters. The molecule has 0 aromatic heterocycles. The largest absolute Gasteiger partial charge is 0.480 e. The number of carbonyl (C=O) groups is 2. The van der Waals surface area contributed by atoms with Crippen molar-refractivity contribution in [2.75, 3.05) is 18.8 Å². The number of nitrogens with zero attached hydrogens (tertiary/aromatic N) is 1. The topological polar surface area (TPSA) is 91.8 Å². The van der Waals surface area contributed by atoms with Crippen LogP contribution in [0.2, 0.25) is 0 Å². The van der Waals surface area contributed by atoms with Gasteiger partial charge in [-0.05, 0) is 20.3 Å². The van der Waals surface area contributed by atoms with Crippen LogP contribution in [0, 0.1) is 0 Å². The van der Waals surface area contributed by atoms with Gasteiger partial charge in [0.15, 0.2) is 9.84 Å². The third-order valence-corrected chi connectivity index (χ3v) is 4.30. The zero-order valence-corrected chi connectivity index (χ0v) is 11.2. The molecule has 0 aliphatic carbocycles. The van der Waals surface area contributed by atoms with Crippen molar-refractivity contribution >= 4 is 21.7 Å². The molecule has 0 aliphatic rings. The first-order chi connectivity index (χ1) is 7.70. The van der Waals surface area contributed by atoms with Crippen molar-refractivity contribution in [3.05, 3.63) is 0 Å². The highest BCUT2D eigenvalue weighted by atomic mass is 32.2. The Morgan fingerprint density at radius 3 is 2.18 bits per heavy atom. The Morgan fingerprint density at radius 1 is 1.29 bits per heavy atom. The summed E-state index contributed by atoms with van der Waals surface area (Å²) in [7, 11) is -3.48. The lowest BCUT2D eigenvalue weighted by Crippen LogP contribution is -2.40.